The van der Waals surface area contributed by atoms with Crippen molar-refractivity contribution >= 4 is 66.6 Å². The number of imide groups is 1. The van der Waals surface area contributed by atoms with Crippen LogP contribution in [0.15, 0.2) is 24.3 Å². The summed E-state index contributed by atoms with van der Waals surface area (Å²) in [6.07, 6.45) is -0.0592. The minimum Gasteiger partial charge on any atom is -0.530 e. The van der Waals surface area contributed by atoms with E-state index >= 15 is 0 Å². The van der Waals surface area contributed by atoms with Gasteiger partial charge >= 0.3 is 0 Å². The number of carbonyl (C=O) groups excluding carboxylic acids is 3. The fourth-order valence-corrected chi connectivity index (χ4v) is 8.21. The highest BCUT2D eigenvalue weighted by Gasteiger charge is 2.32. The molecule has 2 aromatic heterocycles. The molecule has 3 amide bonds. The van der Waals surface area contributed by atoms with Gasteiger partial charge < -0.3 is 14.8 Å². The number of sulfone groups is 1. The van der Waals surface area contributed by atoms with Crippen LogP contribution in [-0.4, -0.2) is 48.5 Å². The molecule has 0 unspecified atom stereocenters. The minimum absolute atomic E-state index is 0.0257. The van der Waals surface area contributed by atoms with Crippen molar-refractivity contribution < 1.29 is 27.9 Å². The molecule has 2 aliphatic heterocycles. The molecule has 0 N–H and O–H groups in total. The number of hydrogen-bond donors (Lipinski definition) is 0. The standard InChI is InChI=1S/C25H24ClN3O6S2/c1-2-10-28(25(32)33)15-5-3-14(4-6-15)21-22-16-9-11-37(34,35)13-18(16)36-24(22)27-17(23(21)26)12-29-19(30)7-8-20(29)31/h3-6H,2,7-13H2,1H3,(H,32,33)/p-1. The quantitative estimate of drug-likeness (QED) is 0.423. The first-order valence-electron chi connectivity index (χ1n) is 11.8. The van der Waals surface area contributed by atoms with Crippen LogP contribution < -0.4 is 10.0 Å². The van der Waals surface area contributed by atoms with Gasteiger partial charge in [-0.2, -0.15) is 0 Å². The Bertz CT molecular complexity index is 1530. The van der Waals surface area contributed by atoms with Gasteiger partial charge in [0.1, 0.15) is 10.9 Å². The van der Waals surface area contributed by atoms with E-state index in [2.05, 4.69) is 0 Å². The summed E-state index contributed by atoms with van der Waals surface area (Å²) in [4.78, 5) is 44.4. The number of aromatic nitrogens is 1. The van der Waals surface area contributed by atoms with Crippen LogP contribution in [0.5, 0.6) is 0 Å². The molecule has 1 saturated heterocycles. The molecule has 0 atom stereocenters. The van der Waals surface area contributed by atoms with Gasteiger partial charge in [0.2, 0.25) is 11.8 Å². The number of hydrogen-bond acceptors (Lipinski definition) is 8. The molecule has 0 saturated carbocycles. The van der Waals surface area contributed by atoms with Gasteiger partial charge in [0.25, 0.3) is 0 Å². The van der Waals surface area contributed by atoms with Gasteiger partial charge in [0, 0.05) is 40.9 Å². The van der Waals surface area contributed by atoms with Crippen molar-refractivity contribution in [1.29, 1.82) is 0 Å². The third-order valence-corrected chi connectivity index (χ3v) is 9.91. The predicted molar refractivity (Wildman–Crippen MR) is 139 cm³/mol. The number of halogens is 1. The topological polar surface area (TPSA) is 128 Å². The maximum absolute atomic E-state index is 12.3. The predicted octanol–water partition coefficient (Wildman–Crippen LogP) is 3.30. The highest BCUT2D eigenvalue weighted by atomic mass is 35.5. The van der Waals surface area contributed by atoms with Crippen molar-refractivity contribution in [2.75, 3.05) is 17.2 Å². The van der Waals surface area contributed by atoms with Crippen LogP contribution in [0.2, 0.25) is 5.02 Å². The Morgan fingerprint density at radius 1 is 1.16 bits per heavy atom. The van der Waals surface area contributed by atoms with E-state index < -0.39 is 15.9 Å². The van der Waals surface area contributed by atoms with Crippen LogP contribution in [0.4, 0.5) is 10.5 Å². The molecule has 1 aromatic carbocycles. The van der Waals surface area contributed by atoms with Gasteiger partial charge in [-0.3, -0.25) is 14.5 Å². The number of likely N-dealkylation sites (tertiary alicyclic amines) is 1. The zero-order valence-corrected chi connectivity index (χ0v) is 22.3. The average molecular weight is 561 g/mol. The number of carbonyl (C=O) groups is 3. The first-order valence-corrected chi connectivity index (χ1v) is 14.9. The van der Waals surface area contributed by atoms with E-state index in [0.29, 0.717) is 45.1 Å². The molecule has 2 aliphatic rings. The van der Waals surface area contributed by atoms with Gasteiger partial charge in [-0.15, -0.1) is 11.3 Å². The summed E-state index contributed by atoms with van der Waals surface area (Å²) in [5.74, 6) is -0.625. The number of rotatable bonds is 6. The summed E-state index contributed by atoms with van der Waals surface area (Å²) < 4.78 is 24.6. The van der Waals surface area contributed by atoms with E-state index in [-0.39, 0.29) is 54.3 Å². The molecular weight excluding hydrogens is 538 g/mol. The van der Waals surface area contributed by atoms with Gasteiger partial charge in [0.05, 0.1) is 28.8 Å². The zero-order valence-electron chi connectivity index (χ0n) is 20.0. The molecule has 37 heavy (non-hydrogen) atoms. The molecule has 3 aromatic rings. The number of benzene rings is 1. The molecule has 9 nitrogen and oxygen atoms in total. The third-order valence-electron chi connectivity index (χ3n) is 6.64. The van der Waals surface area contributed by atoms with E-state index in [1.807, 2.05) is 6.92 Å². The third kappa shape index (κ3) is 4.71. The summed E-state index contributed by atoms with van der Waals surface area (Å²) in [5, 5.41) is 12.6. The van der Waals surface area contributed by atoms with E-state index in [4.69, 9.17) is 16.6 Å². The highest BCUT2D eigenvalue weighted by Crippen LogP contribution is 2.45. The Morgan fingerprint density at radius 2 is 1.84 bits per heavy atom. The number of pyridine rings is 1. The van der Waals surface area contributed by atoms with Crippen molar-refractivity contribution in [2.45, 2.75) is 44.9 Å². The lowest BCUT2D eigenvalue weighted by molar-refractivity contribution is -0.246. The molecule has 0 aliphatic carbocycles. The summed E-state index contributed by atoms with van der Waals surface area (Å²) in [7, 11) is -3.22. The van der Waals surface area contributed by atoms with Gasteiger partial charge in [-0.25, -0.2) is 13.4 Å². The Kier molecular flexibility index (Phi) is 6.71. The minimum atomic E-state index is -3.22. The molecule has 194 valence electrons. The molecular formula is C25H23ClN3O6S2-. The maximum atomic E-state index is 12.3. The van der Waals surface area contributed by atoms with Crippen LogP contribution in [0, 0.1) is 0 Å². The Labute approximate surface area is 222 Å². The lowest BCUT2D eigenvalue weighted by atomic mass is 9.97. The van der Waals surface area contributed by atoms with Crippen molar-refractivity contribution in [3.8, 4) is 11.1 Å². The van der Waals surface area contributed by atoms with Crippen molar-refractivity contribution in [2.24, 2.45) is 0 Å². The van der Waals surface area contributed by atoms with E-state index in [1.54, 1.807) is 24.3 Å². The molecule has 4 heterocycles. The fourth-order valence-electron chi connectivity index (χ4n) is 4.85. The first kappa shape index (κ1) is 25.6. The number of nitrogens with zero attached hydrogens (tertiary/aromatic N) is 3. The number of amides is 3. The zero-order chi connectivity index (χ0) is 26.5. The highest BCUT2D eigenvalue weighted by molar-refractivity contribution is 7.90. The van der Waals surface area contributed by atoms with Crippen LogP contribution in [0.3, 0.4) is 0 Å². The maximum Gasteiger partial charge on any atom is 0.230 e. The Hall–Kier alpha value is -3.02. The Balaban J connectivity index is 1.67. The summed E-state index contributed by atoms with van der Waals surface area (Å²) >= 11 is 8.19. The fraction of sp³-hybridized carbons (Fsp3) is 0.360. The van der Waals surface area contributed by atoms with Crippen molar-refractivity contribution in [1.82, 2.24) is 9.88 Å². The first-order chi connectivity index (χ1) is 17.6. The summed E-state index contributed by atoms with van der Waals surface area (Å²) in [6, 6.07) is 6.84. The van der Waals surface area contributed by atoms with Crippen LogP contribution in [0.25, 0.3) is 21.3 Å². The van der Waals surface area contributed by atoms with Crippen LogP contribution in [-0.2, 0) is 38.1 Å². The summed E-state index contributed by atoms with van der Waals surface area (Å²) in [6.45, 7) is 2.08. The van der Waals surface area contributed by atoms with Gasteiger partial charge in [-0.05, 0) is 36.1 Å². The number of carboxylic acid groups (broad SMARTS) is 1. The monoisotopic (exact) mass is 560 g/mol. The van der Waals surface area contributed by atoms with E-state index in [9.17, 15) is 27.9 Å². The smallest absolute Gasteiger partial charge is 0.230 e. The number of fused-ring (bicyclic) bond motifs is 3. The molecule has 5 rings (SSSR count). The average Bonchev–Trinajstić information content (AvgIpc) is 3.35. The largest absolute Gasteiger partial charge is 0.530 e. The van der Waals surface area contributed by atoms with Crippen molar-refractivity contribution in [3.63, 3.8) is 0 Å². The normalized spacial score (nSPS) is 16.9. The van der Waals surface area contributed by atoms with Crippen molar-refractivity contribution in [3.05, 3.63) is 45.4 Å². The second kappa shape index (κ2) is 9.70. The van der Waals surface area contributed by atoms with E-state index in [0.717, 1.165) is 20.7 Å². The second-order valence-corrected chi connectivity index (χ2v) is 12.8. The number of aryl methyl sites for hydroxylation is 1. The molecule has 12 heteroatoms. The second-order valence-electron chi connectivity index (χ2n) is 9.11. The molecule has 0 bridgehead atoms. The number of anilines is 1. The van der Waals surface area contributed by atoms with Gasteiger partial charge in [-0.1, -0.05) is 30.7 Å². The SMILES string of the molecule is CCCN(C(=O)[O-])c1ccc(-c2c(Cl)c(CN3C(=O)CCC3=O)nc3sc4c(c23)CCS(=O)(=O)C4)cc1. The van der Waals surface area contributed by atoms with E-state index in [1.165, 1.54) is 11.3 Å². The lowest BCUT2D eigenvalue weighted by Gasteiger charge is -2.25. The Morgan fingerprint density at radius 3 is 2.46 bits per heavy atom. The molecule has 0 radical (unpaired) electrons. The molecule has 1 fully saturated rings. The summed E-state index contributed by atoms with van der Waals surface area (Å²) in [5.41, 5.74) is 3.00. The van der Waals surface area contributed by atoms with Crippen LogP contribution in [0.1, 0.15) is 42.3 Å². The molecule has 0 spiro atoms. The van der Waals surface area contributed by atoms with Gasteiger partial charge in [0.15, 0.2) is 9.84 Å². The van der Waals surface area contributed by atoms with Crippen LogP contribution >= 0.6 is 22.9 Å². The number of thiophene rings is 1. The lowest BCUT2D eigenvalue weighted by Crippen LogP contribution is -2.41.